The molecule has 0 spiro atoms. The number of ether oxygens (including phenoxy) is 1. The molecule has 0 atom stereocenters. The minimum atomic E-state index is -0.118. The third-order valence-corrected chi connectivity index (χ3v) is 2.87. The maximum Gasteiger partial charge on any atom is 0.142 e. The van der Waals surface area contributed by atoms with Crippen molar-refractivity contribution in [2.75, 3.05) is 13.7 Å². The summed E-state index contributed by atoms with van der Waals surface area (Å²) >= 11 is 3.47. The van der Waals surface area contributed by atoms with Crippen molar-refractivity contribution in [1.82, 2.24) is 4.98 Å². The molecule has 78 valence electrons. The van der Waals surface area contributed by atoms with E-state index in [2.05, 4.69) is 34.8 Å². The van der Waals surface area contributed by atoms with Crippen molar-refractivity contribution in [3.05, 3.63) is 22.4 Å². The van der Waals surface area contributed by atoms with Crippen molar-refractivity contribution in [1.29, 1.82) is 0 Å². The van der Waals surface area contributed by atoms with Crippen LogP contribution in [0.25, 0.3) is 0 Å². The lowest BCUT2D eigenvalue weighted by atomic mass is 9.85. The van der Waals surface area contributed by atoms with E-state index in [-0.39, 0.29) is 5.41 Å². The molecule has 3 nitrogen and oxygen atoms in total. The number of methoxy groups -OCH3 is 1. The van der Waals surface area contributed by atoms with Crippen LogP contribution in [0.1, 0.15) is 19.4 Å². The second-order valence-corrected chi connectivity index (χ2v) is 4.64. The van der Waals surface area contributed by atoms with Gasteiger partial charge in [0.25, 0.3) is 0 Å². The molecule has 2 N–H and O–H groups in total. The third kappa shape index (κ3) is 2.07. The highest BCUT2D eigenvalue weighted by molar-refractivity contribution is 9.10. The molecule has 0 aliphatic carbocycles. The fourth-order valence-electron chi connectivity index (χ4n) is 1.33. The second-order valence-electron chi connectivity index (χ2n) is 3.79. The van der Waals surface area contributed by atoms with Crippen molar-refractivity contribution in [3.8, 4) is 5.75 Å². The highest BCUT2D eigenvalue weighted by Gasteiger charge is 2.25. The Balaban J connectivity index is 3.30. The molecule has 0 amide bonds. The SMILES string of the molecule is COc1cncc(Br)c1C(C)(C)CN. The third-order valence-electron chi connectivity index (χ3n) is 2.27. The Morgan fingerprint density at radius 2 is 2.14 bits per heavy atom. The molecule has 4 heteroatoms. The molecule has 0 unspecified atom stereocenters. The molecular weight excluding hydrogens is 244 g/mol. The summed E-state index contributed by atoms with van der Waals surface area (Å²) < 4.78 is 6.20. The van der Waals surface area contributed by atoms with Gasteiger partial charge in [0.1, 0.15) is 5.75 Å². The first-order valence-corrected chi connectivity index (χ1v) is 5.20. The summed E-state index contributed by atoms with van der Waals surface area (Å²) in [7, 11) is 1.64. The first kappa shape index (κ1) is 11.5. The van der Waals surface area contributed by atoms with Crippen LogP contribution in [-0.4, -0.2) is 18.6 Å². The quantitative estimate of drug-likeness (QED) is 0.904. The lowest BCUT2D eigenvalue weighted by molar-refractivity contribution is 0.390. The van der Waals surface area contributed by atoms with Crippen molar-refractivity contribution in [2.24, 2.45) is 5.73 Å². The van der Waals surface area contributed by atoms with E-state index in [0.29, 0.717) is 6.54 Å². The number of rotatable bonds is 3. The molecule has 1 aromatic heterocycles. The zero-order valence-corrected chi connectivity index (χ0v) is 10.3. The van der Waals surface area contributed by atoms with Gasteiger partial charge >= 0.3 is 0 Å². The van der Waals surface area contributed by atoms with Crippen LogP contribution in [0, 0.1) is 0 Å². The van der Waals surface area contributed by atoms with Gasteiger partial charge in [-0.2, -0.15) is 0 Å². The summed E-state index contributed by atoms with van der Waals surface area (Å²) in [4.78, 5) is 4.05. The summed E-state index contributed by atoms with van der Waals surface area (Å²) in [5, 5.41) is 0. The predicted octanol–water partition coefficient (Wildman–Crippen LogP) is 2.09. The van der Waals surface area contributed by atoms with Crippen LogP contribution in [0.5, 0.6) is 5.75 Å². The van der Waals surface area contributed by atoms with Crippen molar-refractivity contribution in [2.45, 2.75) is 19.3 Å². The van der Waals surface area contributed by atoms with Crippen molar-refractivity contribution in [3.63, 3.8) is 0 Å². The fraction of sp³-hybridized carbons (Fsp3) is 0.500. The van der Waals surface area contributed by atoms with Crippen LogP contribution in [0.4, 0.5) is 0 Å². The second kappa shape index (κ2) is 4.28. The van der Waals surface area contributed by atoms with E-state index in [1.54, 1.807) is 19.5 Å². The molecule has 0 bridgehead atoms. The van der Waals surface area contributed by atoms with E-state index >= 15 is 0 Å². The molecule has 14 heavy (non-hydrogen) atoms. The molecule has 0 saturated carbocycles. The van der Waals surface area contributed by atoms with Gasteiger partial charge in [-0.3, -0.25) is 4.98 Å². The summed E-state index contributed by atoms with van der Waals surface area (Å²) in [6.07, 6.45) is 3.47. The lowest BCUT2D eigenvalue weighted by Gasteiger charge is -2.26. The monoisotopic (exact) mass is 258 g/mol. The Hall–Kier alpha value is -0.610. The number of halogens is 1. The van der Waals surface area contributed by atoms with Gasteiger partial charge in [0.15, 0.2) is 0 Å². The maximum atomic E-state index is 5.73. The molecule has 0 aliphatic heterocycles. The van der Waals surface area contributed by atoms with Gasteiger partial charge in [0.2, 0.25) is 0 Å². The van der Waals surface area contributed by atoms with Gasteiger partial charge in [0.05, 0.1) is 13.3 Å². The summed E-state index contributed by atoms with van der Waals surface area (Å²) in [5.41, 5.74) is 6.68. The average molecular weight is 259 g/mol. The standard InChI is InChI=1S/C10H15BrN2O/c1-10(2,6-12)9-7(11)4-13-5-8(9)14-3/h4-5H,6,12H2,1-3H3. The molecule has 0 radical (unpaired) electrons. The Labute approximate surface area is 92.8 Å². The van der Waals surface area contributed by atoms with Crippen molar-refractivity contribution >= 4 is 15.9 Å². The van der Waals surface area contributed by atoms with E-state index in [4.69, 9.17) is 10.5 Å². The molecular formula is C10H15BrN2O. The van der Waals surface area contributed by atoms with Gasteiger partial charge in [0, 0.05) is 28.2 Å². The highest BCUT2D eigenvalue weighted by Crippen LogP contribution is 2.35. The molecule has 1 heterocycles. The topological polar surface area (TPSA) is 48.1 Å². The smallest absolute Gasteiger partial charge is 0.142 e. The fourth-order valence-corrected chi connectivity index (χ4v) is 2.18. The Morgan fingerprint density at radius 1 is 1.50 bits per heavy atom. The summed E-state index contributed by atoms with van der Waals surface area (Å²) in [5.74, 6) is 0.773. The van der Waals surface area contributed by atoms with Crippen LogP contribution in [0.15, 0.2) is 16.9 Å². The zero-order chi connectivity index (χ0) is 10.8. The van der Waals surface area contributed by atoms with E-state index in [1.807, 2.05) is 0 Å². The van der Waals surface area contributed by atoms with E-state index in [0.717, 1.165) is 15.8 Å². The van der Waals surface area contributed by atoms with E-state index in [1.165, 1.54) is 0 Å². The highest BCUT2D eigenvalue weighted by atomic mass is 79.9. The normalized spacial score (nSPS) is 11.5. The van der Waals surface area contributed by atoms with Crippen LogP contribution in [0.2, 0.25) is 0 Å². The maximum absolute atomic E-state index is 5.73. The van der Waals surface area contributed by atoms with Crippen LogP contribution < -0.4 is 10.5 Å². The lowest BCUT2D eigenvalue weighted by Crippen LogP contribution is -2.29. The molecule has 0 fully saturated rings. The number of aromatic nitrogens is 1. The minimum absolute atomic E-state index is 0.118. The Morgan fingerprint density at radius 3 is 2.64 bits per heavy atom. The largest absolute Gasteiger partial charge is 0.495 e. The first-order chi connectivity index (χ1) is 6.53. The summed E-state index contributed by atoms with van der Waals surface area (Å²) in [6, 6.07) is 0. The van der Waals surface area contributed by atoms with Crippen LogP contribution >= 0.6 is 15.9 Å². The molecule has 1 rings (SSSR count). The van der Waals surface area contributed by atoms with Crippen LogP contribution in [-0.2, 0) is 5.41 Å². The number of pyridine rings is 1. The summed E-state index contributed by atoms with van der Waals surface area (Å²) in [6.45, 7) is 4.72. The number of hydrogen-bond donors (Lipinski definition) is 1. The van der Waals surface area contributed by atoms with Gasteiger partial charge in [-0.15, -0.1) is 0 Å². The Bertz CT molecular complexity index is 326. The van der Waals surface area contributed by atoms with Crippen LogP contribution in [0.3, 0.4) is 0 Å². The van der Waals surface area contributed by atoms with E-state index < -0.39 is 0 Å². The average Bonchev–Trinajstić information content (AvgIpc) is 2.17. The molecule has 0 aromatic carbocycles. The molecule has 0 saturated heterocycles. The number of hydrogen-bond acceptors (Lipinski definition) is 3. The molecule has 1 aromatic rings. The van der Waals surface area contributed by atoms with Crippen molar-refractivity contribution < 1.29 is 4.74 Å². The van der Waals surface area contributed by atoms with E-state index in [9.17, 15) is 0 Å². The first-order valence-electron chi connectivity index (χ1n) is 4.41. The van der Waals surface area contributed by atoms with Gasteiger partial charge in [-0.25, -0.2) is 0 Å². The number of nitrogens with two attached hydrogens (primary N) is 1. The predicted molar refractivity (Wildman–Crippen MR) is 60.6 cm³/mol. The van der Waals surface area contributed by atoms with Gasteiger partial charge < -0.3 is 10.5 Å². The van der Waals surface area contributed by atoms with Gasteiger partial charge in [-0.1, -0.05) is 13.8 Å². The minimum Gasteiger partial charge on any atom is -0.495 e. The zero-order valence-electron chi connectivity index (χ0n) is 8.67. The molecule has 0 aliphatic rings. The number of nitrogens with zero attached hydrogens (tertiary/aromatic N) is 1. The Kier molecular flexibility index (Phi) is 3.50. The van der Waals surface area contributed by atoms with Gasteiger partial charge in [-0.05, 0) is 15.9 Å².